The predicted octanol–water partition coefficient (Wildman–Crippen LogP) is 5.99. The minimum Gasteiger partial charge on any atom is -0.0776 e. The summed E-state index contributed by atoms with van der Waals surface area (Å²) in [5, 5.41) is 2.90. The molecule has 0 radical (unpaired) electrons. The molecule has 0 aromatic heterocycles. The zero-order valence-corrected chi connectivity index (χ0v) is 15.7. The first-order valence-electron chi connectivity index (χ1n) is 9.21. The molecule has 0 bridgehead atoms. The second-order valence-corrected chi connectivity index (χ2v) is 9.03. The number of rotatable bonds is 6. The van der Waals surface area contributed by atoms with E-state index >= 15 is 0 Å². The maximum absolute atomic E-state index is 2.33. The molecule has 3 aromatic carbocycles. The lowest BCUT2D eigenvalue weighted by molar-refractivity contribution is 0.699. The molecular weight excluding hydrogens is 331 g/mol. The molecule has 0 aliphatic heterocycles. The molecule has 1 atom stereocenters. The van der Waals surface area contributed by atoms with E-state index in [2.05, 4.69) is 115 Å². The van der Waals surface area contributed by atoms with Crippen molar-refractivity contribution in [2.24, 2.45) is 5.92 Å². The summed E-state index contributed by atoms with van der Waals surface area (Å²) < 4.78 is 0. The van der Waals surface area contributed by atoms with Crippen LogP contribution in [0.3, 0.4) is 0 Å². The average Bonchev–Trinajstić information content (AvgIpc) is 3.23. The zero-order valence-electron chi connectivity index (χ0n) is 14.8. The van der Waals surface area contributed by atoms with Gasteiger partial charge in [-0.1, -0.05) is 115 Å². The van der Waals surface area contributed by atoms with E-state index in [4.69, 9.17) is 0 Å². The van der Waals surface area contributed by atoms with Crippen LogP contribution in [0.5, 0.6) is 0 Å². The third kappa shape index (κ3) is 3.87. The Labute approximate surface area is 157 Å². The van der Waals surface area contributed by atoms with E-state index in [1.807, 2.05) is 0 Å². The van der Waals surface area contributed by atoms with Gasteiger partial charge in [-0.2, -0.15) is 0 Å². The summed E-state index contributed by atoms with van der Waals surface area (Å²) in [5.74, 6) is 0.526. The van der Waals surface area contributed by atoms with Crippen molar-refractivity contribution in [2.75, 3.05) is 0 Å². The monoisotopic (exact) mass is 354 g/mol. The first-order chi connectivity index (χ1) is 12.9. The lowest BCUT2D eigenvalue weighted by atomic mass is 10.0. The predicted molar refractivity (Wildman–Crippen MR) is 115 cm³/mol. The highest BCUT2D eigenvalue weighted by atomic mass is 31.1. The van der Waals surface area contributed by atoms with Crippen LogP contribution in [0, 0.1) is 5.92 Å². The van der Waals surface area contributed by atoms with Crippen LogP contribution in [-0.2, 0) is 0 Å². The van der Waals surface area contributed by atoms with Crippen LogP contribution in [0.25, 0.3) is 0 Å². The quantitative estimate of drug-likeness (QED) is 0.477. The van der Waals surface area contributed by atoms with Gasteiger partial charge in [-0.05, 0) is 36.4 Å². The Morgan fingerprint density at radius 2 is 1.08 bits per heavy atom. The van der Waals surface area contributed by atoms with Crippen LogP contribution in [-0.4, -0.2) is 0 Å². The number of benzene rings is 3. The van der Waals surface area contributed by atoms with Crippen LogP contribution < -0.4 is 10.6 Å². The Bertz CT molecular complexity index is 814. The fraction of sp³-hybridized carbons (Fsp3) is 0.120. The van der Waals surface area contributed by atoms with Crippen molar-refractivity contribution < 1.29 is 0 Å². The molecule has 4 rings (SSSR count). The van der Waals surface area contributed by atoms with E-state index in [9.17, 15) is 0 Å². The normalized spacial score (nSPS) is 14.8. The highest BCUT2D eigenvalue weighted by Crippen LogP contribution is 2.53. The van der Waals surface area contributed by atoms with Gasteiger partial charge in [-0.25, -0.2) is 0 Å². The Morgan fingerprint density at radius 3 is 1.58 bits per heavy atom. The lowest BCUT2D eigenvalue weighted by Gasteiger charge is -2.30. The molecule has 26 heavy (non-hydrogen) atoms. The summed E-state index contributed by atoms with van der Waals surface area (Å²) >= 11 is 0. The van der Waals surface area contributed by atoms with Crippen LogP contribution in [0.4, 0.5) is 0 Å². The molecule has 0 spiro atoms. The second kappa shape index (κ2) is 8.30. The molecule has 128 valence electrons. The van der Waals surface area contributed by atoms with Crippen molar-refractivity contribution >= 4 is 18.5 Å². The lowest BCUT2D eigenvalue weighted by Crippen LogP contribution is -2.18. The van der Waals surface area contributed by atoms with Gasteiger partial charge in [0.15, 0.2) is 0 Å². The van der Waals surface area contributed by atoms with Gasteiger partial charge in [0, 0.05) is 5.66 Å². The van der Waals surface area contributed by atoms with Crippen molar-refractivity contribution in [1.29, 1.82) is 0 Å². The first kappa shape index (κ1) is 17.0. The van der Waals surface area contributed by atoms with Crippen molar-refractivity contribution in [3.8, 4) is 0 Å². The molecule has 0 nitrogen and oxygen atoms in total. The molecule has 0 saturated carbocycles. The Balaban J connectivity index is 1.80. The molecule has 1 aliphatic rings. The largest absolute Gasteiger partial charge is 0.0776 e. The molecule has 1 heteroatoms. The van der Waals surface area contributed by atoms with E-state index in [1.165, 1.54) is 16.2 Å². The van der Waals surface area contributed by atoms with E-state index < -0.39 is 7.92 Å². The SMILES string of the molecule is C1=CC(C[C@H](c2ccccc2)P(c2ccccc2)c2ccccc2)C=C1. The summed E-state index contributed by atoms with van der Waals surface area (Å²) in [4.78, 5) is 0. The van der Waals surface area contributed by atoms with E-state index in [0.717, 1.165) is 6.42 Å². The smallest absolute Gasteiger partial charge is 0.0131 e. The van der Waals surface area contributed by atoms with Gasteiger partial charge in [0.1, 0.15) is 0 Å². The van der Waals surface area contributed by atoms with E-state index in [-0.39, 0.29) is 0 Å². The average molecular weight is 354 g/mol. The maximum Gasteiger partial charge on any atom is 0.0131 e. The third-order valence-corrected chi connectivity index (χ3v) is 7.73. The molecular formula is C25H23P. The van der Waals surface area contributed by atoms with Gasteiger partial charge in [0.25, 0.3) is 0 Å². The minimum absolute atomic E-state index is 0.475. The Hall–Kier alpha value is -2.43. The third-order valence-electron chi connectivity index (χ3n) is 4.89. The number of hydrogen-bond donors (Lipinski definition) is 0. The van der Waals surface area contributed by atoms with Crippen LogP contribution in [0.1, 0.15) is 17.6 Å². The highest BCUT2D eigenvalue weighted by molar-refractivity contribution is 7.73. The minimum atomic E-state index is -0.475. The van der Waals surface area contributed by atoms with Gasteiger partial charge in [0.2, 0.25) is 0 Å². The number of allylic oxidation sites excluding steroid dienone is 4. The molecule has 0 unspecified atom stereocenters. The fourth-order valence-electron chi connectivity index (χ4n) is 3.64. The molecule has 0 heterocycles. The van der Waals surface area contributed by atoms with Crippen molar-refractivity contribution in [3.63, 3.8) is 0 Å². The molecule has 0 fully saturated rings. The summed E-state index contributed by atoms with van der Waals surface area (Å²) in [6.45, 7) is 0. The fourth-order valence-corrected chi connectivity index (χ4v) is 6.57. The zero-order chi connectivity index (χ0) is 17.6. The van der Waals surface area contributed by atoms with Gasteiger partial charge in [-0.3, -0.25) is 0 Å². The van der Waals surface area contributed by atoms with Crippen molar-refractivity contribution in [3.05, 3.63) is 121 Å². The maximum atomic E-state index is 2.33. The topological polar surface area (TPSA) is 0 Å². The summed E-state index contributed by atoms with van der Waals surface area (Å²) in [5.41, 5.74) is 1.94. The van der Waals surface area contributed by atoms with Crippen LogP contribution >= 0.6 is 7.92 Å². The molecule has 0 N–H and O–H groups in total. The van der Waals surface area contributed by atoms with Crippen molar-refractivity contribution in [1.82, 2.24) is 0 Å². The molecule has 3 aromatic rings. The van der Waals surface area contributed by atoms with Gasteiger partial charge in [0.05, 0.1) is 0 Å². The number of hydrogen-bond acceptors (Lipinski definition) is 0. The Morgan fingerprint density at radius 1 is 0.615 bits per heavy atom. The van der Waals surface area contributed by atoms with Crippen LogP contribution in [0.2, 0.25) is 0 Å². The van der Waals surface area contributed by atoms with Gasteiger partial charge < -0.3 is 0 Å². The van der Waals surface area contributed by atoms with Gasteiger partial charge >= 0.3 is 0 Å². The second-order valence-electron chi connectivity index (χ2n) is 6.64. The highest BCUT2D eigenvalue weighted by Gasteiger charge is 2.27. The summed E-state index contributed by atoms with van der Waals surface area (Å²) in [6, 6.07) is 33.2. The van der Waals surface area contributed by atoms with Crippen LogP contribution in [0.15, 0.2) is 115 Å². The van der Waals surface area contributed by atoms with E-state index in [0.29, 0.717) is 11.6 Å². The molecule has 0 saturated heterocycles. The van der Waals surface area contributed by atoms with E-state index in [1.54, 1.807) is 0 Å². The molecule has 0 amide bonds. The summed E-state index contributed by atoms with van der Waals surface area (Å²) in [6.07, 6.45) is 10.2. The Kier molecular flexibility index (Phi) is 5.43. The molecule has 1 aliphatic carbocycles. The summed E-state index contributed by atoms with van der Waals surface area (Å²) in [7, 11) is -0.475. The standard InChI is InChI=1S/C25H23P/c1-4-14-22(15-5-1)25(20-21-12-10-11-13-21)26(23-16-6-2-7-17-23)24-18-8-3-9-19-24/h1-19,21,25H,20H2/t25-/m1/s1. The van der Waals surface area contributed by atoms with Gasteiger partial charge in [-0.15, -0.1) is 0 Å². The van der Waals surface area contributed by atoms with Crippen molar-refractivity contribution in [2.45, 2.75) is 12.1 Å². The first-order valence-corrected chi connectivity index (χ1v) is 10.6.